The Labute approximate surface area is 123 Å². The summed E-state index contributed by atoms with van der Waals surface area (Å²) >= 11 is 2.30. The molecular formula is C15H20INO. The lowest BCUT2D eigenvalue weighted by Crippen LogP contribution is -2.31. The van der Waals surface area contributed by atoms with Crippen LogP contribution in [0.2, 0.25) is 0 Å². The van der Waals surface area contributed by atoms with Crippen LogP contribution >= 0.6 is 22.6 Å². The molecule has 18 heavy (non-hydrogen) atoms. The molecule has 1 aromatic rings. The number of carbonyl (C=O) groups excluding carboxylic acids is 1. The van der Waals surface area contributed by atoms with Gasteiger partial charge in [-0.25, -0.2) is 0 Å². The number of benzene rings is 1. The maximum absolute atomic E-state index is 12.4. The van der Waals surface area contributed by atoms with Crippen molar-refractivity contribution in [3.05, 3.63) is 27.3 Å². The summed E-state index contributed by atoms with van der Waals surface area (Å²) in [6, 6.07) is 6.03. The smallest absolute Gasteiger partial charge is 0.228 e. The van der Waals surface area contributed by atoms with Crippen LogP contribution in [0.5, 0.6) is 0 Å². The lowest BCUT2D eigenvalue weighted by molar-refractivity contribution is -0.122. The molecule has 0 bridgehead atoms. The molecule has 0 aromatic heterocycles. The van der Waals surface area contributed by atoms with Gasteiger partial charge in [0.15, 0.2) is 0 Å². The Kier molecular flexibility index (Phi) is 3.99. The van der Waals surface area contributed by atoms with Gasteiger partial charge >= 0.3 is 0 Å². The monoisotopic (exact) mass is 357 g/mol. The summed E-state index contributed by atoms with van der Waals surface area (Å²) in [6.07, 6.45) is 3.33. The summed E-state index contributed by atoms with van der Waals surface area (Å²) in [6.45, 7) is 6.45. The molecule has 1 aliphatic rings. The summed E-state index contributed by atoms with van der Waals surface area (Å²) in [4.78, 5) is 12.4. The molecule has 0 spiro atoms. The van der Waals surface area contributed by atoms with Gasteiger partial charge in [0.05, 0.1) is 0 Å². The normalized spacial score (nSPS) is 21.9. The van der Waals surface area contributed by atoms with E-state index in [2.05, 4.69) is 54.7 Å². The molecule has 1 atom stereocenters. The zero-order chi connectivity index (χ0) is 13.3. The van der Waals surface area contributed by atoms with Gasteiger partial charge in [-0.3, -0.25) is 4.79 Å². The Morgan fingerprint density at radius 3 is 2.78 bits per heavy atom. The van der Waals surface area contributed by atoms with Crippen molar-refractivity contribution in [2.45, 2.75) is 40.0 Å². The van der Waals surface area contributed by atoms with Crippen molar-refractivity contribution in [2.24, 2.45) is 11.3 Å². The molecule has 1 aromatic carbocycles. The quantitative estimate of drug-likeness (QED) is 0.783. The van der Waals surface area contributed by atoms with Crippen molar-refractivity contribution in [2.75, 3.05) is 5.32 Å². The third-order valence-corrected chi connectivity index (χ3v) is 5.27. The minimum absolute atomic E-state index is 0.139. The molecule has 2 nitrogen and oxygen atoms in total. The first kappa shape index (κ1) is 13.8. The van der Waals surface area contributed by atoms with Gasteiger partial charge in [-0.1, -0.05) is 26.3 Å². The van der Waals surface area contributed by atoms with Gasteiger partial charge in [-0.05, 0) is 65.5 Å². The van der Waals surface area contributed by atoms with Crippen LogP contribution in [-0.4, -0.2) is 5.91 Å². The number of carbonyl (C=O) groups is 1. The van der Waals surface area contributed by atoms with Gasteiger partial charge in [-0.15, -0.1) is 0 Å². The second-order valence-electron chi connectivity index (χ2n) is 5.84. The fraction of sp³-hybridized carbons (Fsp3) is 0.533. The van der Waals surface area contributed by atoms with Crippen LogP contribution in [0.4, 0.5) is 5.69 Å². The molecule has 0 saturated heterocycles. The van der Waals surface area contributed by atoms with Crippen LogP contribution in [0.1, 0.15) is 38.7 Å². The van der Waals surface area contributed by atoms with E-state index < -0.39 is 0 Å². The number of amides is 1. The van der Waals surface area contributed by atoms with Crippen molar-refractivity contribution < 1.29 is 4.79 Å². The summed E-state index contributed by atoms with van der Waals surface area (Å²) in [7, 11) is 0. The third-order valence-electron chi connectivity index (χ3n) is 4.10. The molecule has 1 unspecified atom stereocenters. The topological polar surface area (TPSA) is 29.1 Å². The second-order valence-corrected chi connectivity index (χ2v) is 7.00. The highest BCUT2D eigenvalue weighted by Crippen LogP contribution is 2.43. The highest BCUT2D eigenvalue weighted by molar-refractivity contribution is 14.1. The minimum atomic E-state index is 0.139. The maximum Gasteiger partial charge on any atom is 0.228 e. The number of nitrogens with one attached hydrogen (secondary N) is 1. The molecule has 2 rings (SSSR count). The molecule has 1 fully saturated rings. The van der Waals surface area contributed by atoms with Gasteiger partial charge in [0.2, 0.25) is 5.91 Å². The highest BCUT2D eigenvalue weighted by atomic mass is 127. The van der Waals surface area contributed by atoms with E-state index in [-0.39, 0.29) is 17.2 Å². The average molecular weight is 357 g/mol. The summed E-state index contributed by atoms with van der Waals surface area (Å²) in [5.41, 5.74) is 2.25. The third kappa shape index (κ3) is 2.71. The summed E-state index contributed by atoms with van der Waals surface area (Å²) in [5, 5.41) is 3.10. The van der Waals surface area contributed by atoms with E-state index in [1.165, 1.54) is 3.57 Å². The molecule has 98 valence electrons. The zero-order valence-electron chi connectivity index (χ0n) is 11.2. The van der Waals surface area contributed by atoms with Crippen molar-refractivity contribution in [3.63, 3.8) is 0 Å². The predicted molar refractivity (Wildman–Crippen MR) is 83.6 cm³/mol. The Balaban J connectivity index is 2.15. The largest absolute Gasteiger partial charge is 0.326 e. The number of halogens is 1. The number of hydrogen-bond donors (Lipinski definition) is 1. The van der Waals surface area contributed by atoms with Crippen molar-refractivity contribution >= 4 is 34.2 Å². The minimum Gasteiger partial charge on any atom is -0.326 e. The summed E-state index contributed by atoms with van der Waals surface area (Å²) < 4.78 is 1.19. The van der Waals surface area contributed by atoms with E-state index in [9.17, 15) is 4.79 Å². The number of hydrogen-bond acceptors (Lipinski definition) is 1. The average Bonchev–Trinajstić information content (AvgIpc) is 2.65. The van der Waals surface area contributed by atoms with Gasteiger partial charge in [0.1, 0.15) is 0 Å². The highest BCUT2D eigenvalue weighted by Gasteiger charge is 2.39. The van der Waals surface area contributed by atoms with Crippen LogP contribution in [-0.2, 0) is 4.79 Å². The lowest BCUT2D eigenvalue weighted by atomic mass is 9.81. The Bertz CT molecular complexity index is 468. The fourth-order valence-electron chi connectivity index (χ4n) is 2.78. The van der Waals surface area contributed by atoms with E-state index in [0.29, 0.717) is 0 Å². The van der Waals surface area contributed by atoms with Crippen molar-refractivity contribution in [3.8, 4) is 0 Å². The van der Waals surface area contributed by atoms with Gasteiger partial charge in [-0.2, -0.15) is 0 Å². The molecule has 1 N–H and O–H groups in total. The van der Waals surface area contributed by atoms with E-state index in [0.717, 1.165) is 30.5 Å². The first-order valence-electron chi connectivity index (χ1n) is 6.48. The van der Waals surface area contributed by atoms with Crippen LogP contribution in [0, 0.1) is 21.8 Å². The number of rotatable bonds is 2. The standard InChI is InChI=1S/C15H20INO/c1-10-12(16)7-4-8-13(10)17-14(18)11-6-5-9-15(11,2)3/h4,7-8,11H,5-6,9H2,1-3H3,(H,17,18). The van der Waals surface area contributed by atoms with Crippen LogP contribution in [0.25, 0.3) is 0 Å². The molecule has 1 amide bonds. The van der Waals surface area contributed by atoms with Crippen molar-refractivity contribution in [1.29, 1.82) is 0 Å². The molecule has 1 aliphatic carbocycles. The Hall–Kier alpha value is -0.580. The van der Waals surface area contributed by atoms with E-state index >= 15 is 0 Å². The zero-order valence-corrected chi connectivity index (χ0v) is 13.4. The SMILES string of the molecule is Cc1c(I)cccc1NC(=O)C1CCCC1(C)C. The van der Waals surface area contributed by atoms with Gasteiger partial charge in [0.25, 0.3) is 0 Å². The Morgan fingerprint density at radius 2 is 2.17 bits per heavy atom. The molecule has 1 saturated carbocycles. The van der Waals surface area contributed by atoms with Gasteiger partial charge < -0.3 is 5.32 Å². The summed E-state index contributed by atoms with van der Waals surface area (Å²) in [5.74, 6) is 0.331. The van der Waals surface area contributed by atoms with Gasteiger partial charge in [0, 0.05) is 15.2 Å². The predicted octanol–water partition coefficient (Wildman–Crippen LogP) is 4.36. The first-order valence-corrected chi connectivity index (χ1v) is 7.56. The van der Waals surface area contributed by atoms with Crippen molar-refractivity contribution in [1.82, 2.24) is 0 Å². The van der Waals surface area contributed by atoms with E-state index in [1.807, 2.05) is 12.1 Å². The van der Waals surface area contributed by atoms with E-state index in [1.54, 1.807) is 0 Å². The molecule has 0 heterocycles. The van der Waals surface area contributed by atoms with E-state index in [4.69, 9.17) is 0 Å². The Morgan fingerprint density at radius 1 is 1.44 bits per heavy atom. The van der Waals surface area contributed by atoms with Crippen LogP contribution in [0.3, 0.4) is 0 Å². The molecule has 0 radical (unpaired) electrons. The maximum atomic E-state index is 12.4. The second kappa shape index (κ2) is 5.19. The fourth-order valence-corrected chi connectivity index (χ4v) is 3.27. The van der Waals surface area contributed by atoms with Crippen LogP contribution < -0.4 is 5.32 Å². The number of anilines is 1. The first-order chi connectivity index (χ1) is 8.42. The van der Waals surface area contributed by atoms with Crippen LogP contribution in [0.15, 0.2) is 18.2 Å². The molecular weight excluding hydrogens is 337 g/mol. The molecule has 3 heteroatoms. The lowest BCUT2D eigenvalue weighted by Gasteiger charge is -2.26. The molecule has 0 aliphatic heterocycles.